The van der Waals surface area contributed by atoms with Gasteiger partial charge in [-0.25, -0.2) is 8.42 Å². The first-order valence-electron chi connectivity index (χ1n) is 6.05. The maximum atomic E-state index is 11.8. The van der Waals surface area contributed by atoms with E-state index in [1.807, 2.05) is 19.1 Å². The van der Waals surface area contributed by atoms with Gasteiger partial charge in [0.1, 0.15) is 0 Å². The highest BCUT2D eigenvalue weighted by Crippen LogP contribution is 2.14. The first-order chi connectivity index (χ1) is 8.49. The van der Waals surface area contributed by atoms with Gasteiger partial charge in [0.05, 0.1) is 17.3 Å². The zero-order valence-corrected chi connectivity index (χ0v) is 11.7. The van der Waals surface area contributed by atoms with E-state index in [1.54, 1.807) is 19.2 Å². The molecule has 4 nitrogen and oxygen atoms in total. The van der Waals surface area contributed by atoms with E-state index in [4.69, 9.17) is 10.5 Å². The van der Waals surface area contributed by atoms with Crippen molar-refractivity contribution in [3.05, 3.63) is 29.8 Å². The Morgan fingerprint density at radius 2 is 1.89 bits per heavy atom. The molecule has 0 fully saturated rings. The normalized spacial score (nSPS) is 13.5. The maximum Gasteiger partial charge on any atom is 0.178 e. The summed E-state index contributed by atoms with van der Waals surface area (Å²) in [5.74, 6) is 0.190. The van der Waals surface area contributed by atoms with E-state index in [9.17, 15) is 8.42 Å². The van der Waals surface area contributed by atoms with Gasteiger partial charge < -0.3 is 10.5 Å². The largest absolute Gasteiger partial charge is 0.383 e. The van der Waals surface area contributed by atoms with Gasteiger partial charge in [0.2, 0.25) is 0 Å². The van der Waals surface area contributed by atoms with Crippen molar-refractivity contribution in [3.63, 3.8) is 0 Å². The molecule has 0 aliphatic carbocycles. The molecule has 0 saturated heterocycles. The quantitative estimate of drug-likeness (QED) is 0.813. The van der Waals surface area contributed by atoms with Crippen LogP contribution in [0.15, 0.2) is 29.2 Å². The molecule has 1 atom stereocenters. The molecule has 102 valence electrons. The van der Waals surface area contributed by atoms with Crippen molar-refractivity contribution in [2.24, 2.45) is 5.73 Å². The van der Waals surface area contributed by atoms with Crippen molar-refractivity contribution in [2.45, 2.75) is 30.7 Å². The average molecular weight is 271 g/mol. The third-order valence-corrected chi connectivity index (χ3v) is 4.57. The molecule has 1 rings (SSSR count). The van der Waals surface area contributed by atoms with Crippen molar-refractivity contribution in [2.75, 3.05) is 19.5 Å². The molecule has 0 bridgehead atoms. The Morgan fingerprint density at radius 3 is 2.39 bits per heavy atom. The van der Waals surface area contributed by atoms with Crippen LogP contribution >= 0.6 is 0 Å². The van der Waals surface area contributed by atoms with Crippen molar-refractivity contribution in [3.8, 4) is 0 Å². The van der Waals surface area contributed by atoms with E-state index in [-0.39, 0.29) is 11.8 Å². The molecular formula is C13H21NO3S. The molecule has 0 spiro atoms. The summed E-state index contributed by atoms with van der Waals surface area (Å²) in [6, 6.07) is 6.88. The number of hydrogen-bond acceptors (Lipinski definition) is 4. The molecule has 0 radical (unpaired) electrons. The Hall–Kier alpha value is -0.910. The average Bonchev–Trinajstić information content (AvgIpc) is 2.30. The summed E-state index contributed by atoms with van der Waals surface area (Å²) in [5.41, 5.74) is 6.87. The minimum Gasteiger partial charge on any atom is -0.383 e. The van der Waals surface area contributed by atoms with Gasteiger partial charge in [-0.3, -0.25) is 0 Å². The van der Waals surface area contributed by atoms with Gasteiger partial charge in [-0.15, -0.1) is 0 Å². The Morgan fingerprint density at radius 1 is 1.28 bits per heavy atom. The second-order valence-electron chi connectivity index (χ2n) is 4.38. The van der Waals surface area contributed by atoms with Gasteiger partial charge in [0.25, 0.3) is 0 Å². The minimum absolute atomic E-state index is 0.0619. The van der Waals surface area contributed by atoms with Crippen LogP contribution in [0.1, 0.15) is 18.9 Å². The Bertz CT molecular complexity index is 454. The van der Waals surface area contributed by atoms with Crippen LogP contribution in [-0.2, 0) is 21.0 Å². The first-order valence-corrected chi connectivity index (χ1v) is 7.71. The number of sulfone groups is 1. The fourth-order valence-corrected chi connectivity index (χ4v) is 3.12. The van der Waals surface area contributed by atoms with E-state index < -0.39 is 9.84 Å². The maximum absolute atomic E-state index is 11.8. The second-order valence-corrected chi connectivity index (χ2v) is 6.49. The molecule has 0 aliphatic heterocycles. The van der Waals surface area contributed by atoms with E-state index in [0.717, 1.165) is 5.56 Å². The predicted molar refractivity (Wildman–Crippen MR) is 72.3 cm³/mol. The number of nitrogens with two attached hydrogens (primary N) is 1. The third kappa shape index (κ3) is 4.40. The first kappa shape index (κ1) is 15.1. The molecule has 1 aromatic rings. The summed E-state index contributed by atoms with van der Waals surface area (Å²) in [6.45, 7) is 2.35. The van der Waals surface area contributed by atoms with Gasteiger partial charge in [-0.1, -0.05) is 19.1 Å². The van der Waals surface area contributed by atoms with Crippen molar-refractivity contribution in [1.82, 2.24) is 0 Å². The van der Waals surface area contributed by atoms with Gasteiger partial charge in [-0.05, 0) is 30.5 Å². The number of hydrogen-bond donors (Lipinski definition) is 1. The zero-order valence-electron chi connectivity index (χ0n) is 10.9. The highest BCUT2D eigenvalue weighted by molar-refractivity contribution is 7.91. The SMILES string of the molecule is CCCS(=O)(=O)c1ccc(CC(N)COC)cc1. The number of methoxy groups -OCH3 is 1. The molecule has 18 heavy (non-hydrogen) atoms. The summed E-state index contributed by atoms with van der Waals surface area (Å²) in [4.78, 5) is 0.383. The van der Waals surface area contributed by atoms with Crippen LogP contribution < -0.4 is 5.73 Å². The van der Waals surface area contributed by atoms with Crippen LogP contribution in [0.3, 0.4) is 0 Å². The molecule has 2 N–H and O–H groups in total. The lowest BCUT2D eigenvalue weighted by Crippen LogP contribution is -2.27. The lowest BCUT2D eigenvalue weighted by molar-refractivity contribution is 0.180. The lowest BCUT2D eigenvalue weighted by atomic mass is 10.1. The molecule has 0 aliphatic rings. The van der Waals surface area contributed by atoms with Gasteiger partial charge >= 0.3 is 0 Å². The summed E-state index contributed by atoms with van der Waals surface area (Å²) < 4.78 is 28.6. The topological polar surface area (TPSA) is 69.4 Å². The lowest BCUT2D eigenvalue weighted by Gasteiger charge is -2.10. The summed E-state index contributed by atoms with van der Waals surface area (Å²) in [7, 11) is -1.51. The van der Waals surface area contributed by atoms with Crippen LogP contribution in [0.4, 0.5) is 0 Å². The van der Waals surface area contributed by atoms with Crippen molar-refractivity contribution in [1.29, 1.82) is 0 Å². The highest BCUT2D eigenvalue weighted by Gasteiger charge is 2.13. The van der Waals surface area contributed by atoms with Crippen molar-refractivity contribution < 1.29 is 13.2 Å². The number of rotatable bonds is 7. The van der Waals surface area contributed by atoms with Crippen LogP contribution in [-0.4, -0.2) is 33.9 Å². The molecule has 0 amide bonds. The number of benzene rings is 1. The summed E-state index contributed by atoms with van der Waals surface area (Å²) in [5, 5.41) is 0. The third-order valence-electron chi connectivity index (χ3n) is 2.63. The molecule has 5 heteroatoms. The molecular weight excluding hydrogens is 250 g/mol. The molecule has 1 aromatic carbocycles. The van der Waals surface area contributed by atoms with Crippen LogP contribution in [0.5, 0.6) is 0 Å². The summed E-state index contributed by atoms with van der Waals surface area (Å²) in [6.07, 6.45) is 1.31. The molecule has 1 unspecified atom stereocenters. The summed E-state index contributed by atoms with van der Waals surface area (Å²) >= 11 is 0. The molecule has 0 aromatic heterocycles. The Balaban J connectivity index is 2.74. The predicted octanol–water partition coefficient (Wildman–Crippen LogP) is 1.39. The molecule has 0 heterocycles. The van der Waals surface area contributed by atoms with Gasteiger partial charge in [-0.2, -0.15) is 0 Å². The smallest absolute Gasteiger partial charge is 0.178 e. The second kappa shape index (κ2) is 6.87. The van der Waals surface area contributed by atoms with E-state index >= 15 is 0 Å². The van der Waals surface area contributed by atoms with Crippen LogP contribution in [0, 0.1) is 0 Å². The Labute approximate surface area is 109 Å². The zero-order chi connectivity index (χ0) is 13.6. The van der Waals surface area contributed by atoms with Gasteiger partial charge in [0.15, 0.2) is 9.84 Å². The van der Waals surface area contributed by atoms with Crippen molar-refractivity contribution >= 4 is 9.84 Å². The number of ether oxygens (including phenoxy) is 1. The van der Waals surface area contributed by atoms with Crippen LogP contribution in [0.2, 0.25) is 0 Å². The minimum atomic E-state index is -3.12. The van der Waals surface area contributed by atoms with Gasteiger partial charge in [0, 0.05) is 13.2 Å². The van der Waals surface area contributed by atoms with E-state index in [2.05, 4.69) is 0 Å². The standard InChI is InChI=1S/C13H21NO3S/c1-3-8-18(15,16)13-6-4-11(5-7-13)9-12(14)10-17-2/h4-7,12H,3,8-10,14H2,1-2H3. The van der Waals surface area contributed by atoms with Crippen LogP contribution in [0.25, 0.3) is 0 Å². The fourth-order valence-electron chi connectivity index (χ4n) is 1.80. The van der Waals surface area contributed by atoms with E-state index in [1.165, 1.54) is 0 Å². The highest BCUT2D eigenvalue weighted by atomic mass is 32.2. The van der Waals surface area contributed by atoms with E-state index in [0.29, 0.717) is 24.3 Å². The molecule has 0 saturated carbocycles. The Kier molecular flexibility index (Phi) is 5.78. The monoisotopic (exact) mass is 271 g/mol. The fraction of sp³-hybridized carbons (Fsp3) is 0.538.